The fraction of sp³-hybridized carbons (Fsp3) is 0.750. The maximum absolute atomic E-state index is 11.9. The number of carbonyl (C=O) groups excluding carboxylic acids is 1. The molecule has 2 saturated heterocycles. The number of carbonyl (C=O) groups is 1. The van der Waals surface area contributed by atoms with Crippen molar-refractivity contribution in [3.8, 4) is 0 Å². The number of fused-ring (bicyclic) bond motifs is 1. The molecule has 0 spiro atoms. The highest BCUT2D eigenvalue weighted by Crippen LogP contribution is 2.44. The average molecular weight is 209 g/mol. The summed E-state index contributed by atoms with van der Waals surface area (Å²) in [4.78, 5) is 13.8. The number of hydrogen-bond donors (Lipinski definition) is 0. The predicted molar refractivity (Wildman–Crippen MR) is 58.2 cm³/mol. The highest BCUT2D eigenvalue weighted by molar-refractivity contribution is 5.81. The highest BCUT2D eigenvalue weighted by atomic mass is 16.5. The maximum Gasteiger partial charge on any atom is 0.225 e. The van der Waals surface area contributed by atoms with Crippen LogP contribution in [0.25, 0.3) is 0 Å². The van der Waals surface area contributed by atoms with E-state index in [4.69, 9.17) is 4.74 Å². The lowest BCUT2D eigenvalue weighted by Gasteiger charge is -2.36. The molecule has 0 bridgehead atoms. The Morgan fingerprint density at radius 3 is 2.80 bits per heavy atom. The van der Waals surface area contributed by atoms with E-state index in [1.807, 2.05) is 11.0 Å². The van der Waals surface area contributed by atoms with Crippen molar-refractivity contribution >= 4 is 5.91 Å². The van der Waals surface area contributed by atoms with E-state index < -0.39 is 0 Å². The minimum Gasteiger partial charge on any atom is -0.355 e. The number of rotatable bonds is 1. The molecule has 3 nitrogen and oxygen atoms in total. The molecule has 2 atom stereocenters. The van der Waals surface area contributed by atoms with Gasteiger partial charge in [0.05, 0.1) is 12.1 Å². The molecule has 2 aliphatic heterocycles. The van der Waals surface area contributed by atoms with Crippen LogP contribution in [0.5, 0.6) is 0 Å². The minimum absolute atomic E-state index is 0.0369. The SMILES string of the molecule is C=C[C@@]12CCC(=O)N1[C@@H](C(C)(C)C)OC2. The van der Waals surface area contributed by atoms with Gasteiger partial charge >= 0.3 is 0 Å². The molecular weight excluding hydrogens is 190 g/mol. The topological polar surface area (TPSA) is 29.5 Å². The van der Waals surface area contributed by atoms with Crippen LogP contribution >= 0.6 is 0 Å². The highest BCUT2D eigenvalue weighted by Gasteiger charge is 2.55. The molecule has 0 saturated carbocycles. The van der Waals surface area contributed by atoms with Gasteiger partial charge in [-0.2, -0.15) is 0 Å². The van der Waals surface area contributed by atoms with Gasteiger partial charge in [0.1, 0.15) is 6.23 Å². The Balaban J connectivity index is 2.34. The van der Waals surface area contributed by atoms with Crippen LogP contribution < -0.4 is 0 Å². The molecule has 0 unspecified atom stereocenters. The van der Waals surface area contributed by atoms with E-state index in [9.17, 15) is 4.79 Å². The van der Waals surface area contributed by atoms with E-state index >= 15 is 0 Å². The van der Waals surface area contributed by atoms with Gasteiger partial charge in [-0.05, 0) is 6.42 Å². The molecule has 15 heavy (non-hydrogen) atoms. The molecule has 0 aromatic carbocycles. The summed E-state index contributed by atoms with van der Waals surface area (Å²) in [5.74, 6) is 0.201. The van der Waals surface area contributed by atoms with E-state index in [0.29, 0.717) is 13.0 Å². The first kappa shape index (κ1) is 10.7. The van der Waals surface area contributed by atoms with Gasteiger partial charge in [0.15, 0.2) is 0 Å². The standard InChI is InChI=1S/C12H19NO2/c1-5-12-7-6-9(14)13(12)10(15-8-12)11(2,3)4/h5,10H,1,6-8H2,2-4H3/t10-,12+/m1/s1. The zero-order valence-electron chi connectivity index (χ0n) is 9.75. The summed E-state index contributed by atoms with van der Waals surface area (Å²) in [6.07, 6.45) is 3.25. The van der Waals surface area contributed by atoms with Crippen LogP contribution in [-0.4, -0.2) is 29.2 Å². The number of amides is 1. The van der Waals surface area contributed by atoms with Crippen molar-refractivity contribution in [1.29, 1.82) is 0 Å². The van der Waals surface area contributed by atoms with E-state index in [0.717, 1.165) is 6.42 Å². The number of hydrogen-bond acceptors (Lipinski definition) is 2. The maximum atomic E-state index is 11.9. The smallest absolute Gasteiger partial charge is 0.225 e. The average Bonchev–Trinajstić information content (AvgIpc) is 2.64. The number of ether oxygens (including phenoxy) is 1. The van der Waals surface area contributed by atoms with E-state index in [1.54, 1.807) is 0 Å². The second-order valence-corrected chi connectivity index (χ2v) is 5.60. The Bertz CT molecular complexity index is 305. The minimum atomic E-state index is -0.227. The molecule has 1 amide bonds. The summed E-state index contributed by atoms with van der Waals surface area (Å²) in [6.45, 7) is 10.8. The Kier molecular flexibility index (Phi) is 2.19. The quantitative estimate of drug-likeness (QED) is 0.618. The van der Waals surface area contributed by atoms with Crippen molar-refractivity contribution in [2.24, 2.45) is 5.41 Å². The second-order valence-electron chi connectivity index (χ2n) is 5.60. The van der Waals surface area contributed by atoms with Crippen molar-refractivity contribution in [2.75, 3.05) is 6.61 Å². The fourth-order valence-electron chi connectivity index (χ4n) is 2.51. The first-order valence-electron chi connectivity index (χ1n) is 5.48. The predicted octanol–water partition coefficient (Wildman–Crippen LogP) is 1.94. The third-order valence-corrected chi connectivity index (χ3v) is 3.37. The van der Waals surface area contributed by atoms with Crippen molar-refractivity contribution in [2.45, 2.75) is 45.4 Å². The van der Waals surface area contributed by atoms with Crippen LogP contribution in [0.3, 0.4) is 0 Å². The molecule has 0 aromatic rings. The molecule has 0 radical (unpaired) electrons. The molecule has 2 rings (SSSR count). The lowest BCUT2D eigenvalue weighted by molar-refractivity contribution is -0.140. The van der Waals surface area contributed by atoms with Crippen LogP contribution in [0.4, 0.5) is 0 Å². The molecule has 84 valence electrons. The molecule has 2 aliphatic rings. The number of nitrogens with zero attached hydrogens (tertiary/aromatic N) is 1. The molecule has 0 N–H and O–H groups in total. The van der Waals surface area contributed by atoms with Crippen LogP contribution in [-0.2, 0) is 9.53 Å². The lowest BCUT2D eigenvalue weighted by Crippen LogP contribution is -2.48. The van der Waals surface area contributed by atoms with E-state index in [1.165, 1.54) is 0 Å². The molecule has 2 fully saturated rings. The van der Waals surface area contributed by atoms with Gasteiger partial charge in [-0.1, -0.05) is 26.8 Å². The Morgan fingerprint density at radius 2 is 2.27 bits per heavy atom. The summed E-state index contributed by atoms with van der Waals surface area (Å²) in [7, 11) is 0. The Hall–Kier alpha value is -0.830. The summed E-state index contributed by atoms with van der Waals surface area (Å²) in [5.41, 5.74) is -0.264. The molecule has 0 aliphatic carbocycles. The van der Waals surface area contributed by atoms with Crippen molar-refractivity contribution in [3.05, 3.63) is 12.7 Å². The van der Waals surface area contributed by atoms with Crippen LogP contribution in [0.15, 0.2) is 12.7 Å². The van der Waals surface area contributed by atoms with E-state index in [-0.39, 0.29) is 23.1 Å². The van der Waals surface area contributed by atoms with Crippen LogP contribution in [0.2, 0.25) is 0 Å². The zero-order valence-corrected chi connectivity index (χ0v) is 9.75. The third-order valence-electron chi connectivity index (χ3n) is 3.37. The molecule has 2 heterocycles. The van der Waals surface area contributed by atoms with Crippen molar-refractivity contribution in [1.82, 2.24) is 4.90 Å². The van der Waals surface area contributed by atoms with Gasteiger partial charge in [0, 0.05) is 11.8 Å². The summed E-state index contributed by atoms with van der Waals surface area (Å²) < 4.78 is 5.78. The first-order chi connectivity index (χ1) is 6.91. The monoisotopic (exact) mass is 209 g/mol. The molecular formula is C12H19NO2. The third kappa shape index (κ3) is 1.41. The van der Waals surface area contributed by atoms with Crippen molar-refractivity contribution in [3.63, 3.8) is 0 Å². The van der Waals surface area contributed by atoms with Gasteiger partial charge in [-0.15, -0.1) is 6.58 Å². The van der Waals surface area contributed by atoms with Crippen molar-refractivity contribution < 1.29 is 9.53 Å². The summed E-state index contributed by atoms with van der Waals surface area (Å²) in [6, 6.07) is 0. The summed E-state index contributed by atoms with van der Waals surface area (Å²) in [5, 5.41) is 0. The van der Waals surface area contributed by atoms with Gasteiger partial charge in [0.25, 0.3) is 0 Å². The lowest BCUT2D eigenvalue weighted by atomic mass is 9.91. The van der Waals surface area contributed by atoms with Crippen LogP contribution in [0, 0.1) is 5.41 Å². The van der Waals surface area contributed by atoms with Gasteiger partial charge in [0.2, 0.25) is 5.91 Å². The van der Waals surface area contributed by atoms with Gasteiger partial charge in [-0.25, -0.2) is 0 Å². The van der Waals surface area contributed by atoms with Crippen LogP contribution in [0.1, 0.15) is 33.6 Å². The first-order valence-corrected chi connectivity index (χ1v) is 5.48. The van der Waals surface area contributed by atoms with Gasteiger partial charge in [-0.3, -0.25) is 4.79 Å². The summed E-state index contributed by atoms with van der Waals surface area (Å²) >= 11 is 0. The Labute approximate surface area is 91.1 Å². The molecule has 3 heteroatoms. The van der Waals surface area contributed by atoms with Gasteiger partial charge < -0.3 is 9.64 Å². The Morgan fingerprint density at radius 1 is 1.60 bits per heavy atom. The fourth-order valence-corrected chi connectivity index (χ4v) is 2.51. The zero-order chi connectivity index (χ0) is 11.3. The largest absolute Gasteiger partial charge is 0.355 e. The van der Waals surface area contributed by atoms with E-state index in [2.05, 4.69) is 27.4 Å². The normalized spacial score (nSPS) is 35.8. The second kappa shape index (κ2) is 3.08. The molecule has 0 aromatic heterocycles.